The minimum Gasteiger partial charge on any atom is -0.489 e. The molecule has 3 aromatic rings. The van der Waals surface area contributed by atoms with E-state index in [9.17, 15) is 9.90 Å². The van der Waals surface area contributed by atoms with Gasteiger partial charge in [-0.15, -0.1) is 10.2 Å². The third-order valence-corrected chi connectivity index (χ3v) is 4.47. The molecule has 1 aromatic heterocycles. The van der Waals surface area contributed by atoms with Crippen molar-refractivity contribution in [3.8, 4) is 5.75 Å². The van der Waals surface area contributed by atoms with Gasteiger partial charge in [-0.2, -0.15) is 0 Å². The van der Waals surface area contributed by atoms with Gasteiger partial charge in [-0.1, -0.05) is 42.0 Å². The van der Waals surface area contributed by atoms with Gasteiger partial charge in [-0.25, -0.2) is 4.79 Å². The fourth-order valence-electron chi connectivity index (χ4n) is 2.21. The molecule has 2 aromatic carbocycles. The number of benzene rings is 2. The van der Waals surface area contributed by atoms with E-state index in [2.05, 4.69) is 10.2 Å². The number of nitrogens with zero attached hydrogens (tertiary/aromatic N) is 2. The van der Waals surface area contributed by atoms with E-state index in [4.69, 9.17) is 9.15 Å². The minimum absolute atomic E-state index is 0.0898. The molecule has 0 spiro atoms. The lowest BCUT2D eigenvalue weighted by atomic mass is 10.1. The lowest BCUT2D eigenvalue weighted by molar-refractivity contribution is -0.131. The maximum absolute atomic E-state index is 11.5. The first-order valence-corrected chi connectivity index (χ1v) is 9.02. The third kappa shape index (κ3) is 5.46. The van der Waals surface area contributed by atoms with Crippen LogP contribution in [0.1, 0.15) is 22.6 Å². The first kappa shape index (κ1) is 18.7. The molecule has 1 N–H and O–H groups in total. The summed E-state index contributed by atoms with van der Waals surface area (Å²) in [5, 5.41) is 17.1. The van der Waals surface area contributed by atoms with Crippen molar-refractivity contribution in [1.82, 2.24) is 10.2 Å². The van der Waals surface area contributed by atoms with Crippen molar-refractivity contribution >= 4 is 23.8 Å². The Kier molecular flexibility index (Phi) is 5.93. The maximum atomic E-state index is 11.5. The van der Waals surface area contributed by atoms with E-state index in [1.165, 1.54) is 5.56 Å². The molecule has 0 aliphatic heterocycles. The molecule has 0 saturated heterocycles. The molecule has 138 valence electrons. The molecular formula is C20H18N2O4S. The number of carboxylic acid groups (broad SMARTS) is 1. The Balaban J connectivity index is 1.66. The van der Waals surface area contributed by atoms with Crippen LogP contribution in [0.25, 0.3) is 6.08 Å². The smallest absolute Gasteiger partial charge is 0.342 e. The monoisotopic (exact) mass is 382 g/mol. The molecule has 27 heavy (non-hydrogen) atoms. The summed E-state index contributed by atoms with van der Waals surface area (Å²) in [6, 6.07) is 15.4. The summed E-state index contributed by atoms with van der Waals surface area (Å²) in [6.07, 6.45) is 1.55. The molecule has 7 heteroatoms. The van der Waals surface area contributed by atoms with Crippen LogP contribution in [-0.2, 0) is 11.4 Å². The van der Waals surface area contributed by atoms with E-state index in [1.54, 1.807) is 37.3 Å². The van der Waals surface area contributed by atoms with Crippen LogP contribution in [0.5, 0.6) is 5.75 Å². The molecule has 0 fully saturated rings. The predicted molar refractivity (Wildman–Crippen MR) is 102 cm³/mol. The summed E-state index contributed by atoms with van der Waals surface area (Å²) in [7, 11) is 0. The largest absolute Gasteiger partial charge is 0.489 e. The molecule has 6 nitrogen and oxygen atoms in total. The summed E-state index contributed by atoms with van der Waals surface area (Å²) in [5.41, 5.74) is 3.03. The van der Waals surface area contributed by atoms with Crippen molar-refractivity contribution < 1.29 is 19.1 Å². The van der Waals surface area contributed by atoms with Crippen molar-refractivity contribution in [3.05, 3.63) is 76.0 Å². The molecule has 0 aliphatic carbocycles. The number of hydrogen-bond acceptors (Lipinski definition) is 6. The quantitative estimate of drug-likeness (QED) is 0.476. The molecule has 0 unspecified atom stereocenters. The second kappa shape index (κ2) is 8.55. The number of ether oxygens (including phenoxy) is 1. The molecule has 0 aliphatic rings. The van der Waals surface area contributed by atoms with Crippen LogP contribution in [0, 0.1) is 13.8 Å². The number of thioether (sulfide) groups is 1. The summed E-state index contributed by atoms with van der Waals surface area (Å²) in [6.45, 7) is 4.17. The predicted octanol–water partition coefficient (Wildman–Crippen LogP) is 4.48. The minimum atomic E-state index is -1.06. The molecule has 0 amide bonds. The standard InChI is InChI=1S/C20H18N2O4S/c1-13-3-5-16(6-4-13)12-25-17-9-7-15(8-10-17)11-18(19(23)24)27-20-22-21-14(2)26-20/h3-11H,12H2,1-2H3,(H,23,24)/b18-11-. The van der Waals surface area contributed by atoms with Gasteiger partial charge in [0, 0.05) is 6.92 Å². The van der Waals surface area contributed by atoms with E-state index in [0.717, 1.165) is 22.9 Å². The average molecular weight is 382 g/mol. The van der Waals surface area contributed by atoms with E-state index in [0.29, 0.717) is 18.2 Å². The van der Waals surface area contributed by atoms with Gasteiger partial charge in [-0.3, -0.25) is 0 Å². The molecule has 0 bridgehead atoms. The highest BCUT2D eigenvalue weighted by Gasteiger charge is 2.14. The van der Waals surface area contributed by atoms with Crippen LogP contribution < -0.4 is 4.74 Å². The van der Waals surface area contributed by atoms with Gasteiger partial charge < -0.3 is 14.3 Å². The average Bonchev–Trinajstić information content (AvgIpc) is 3.06. The number of rotatable bonds is 7. The fraction of sp³-hybridized carbons (Fsp3) is 0.150. The van der Waals surface area contributed by atoms with E-state index in [-0.39, 0.29) is 10.1 Å². The van der Waals surface area contributed by atoms with Gasteiger partial charge >= 0.3 is 5.97 Å². The van der Waals surface area contributed by atoms with E-state index >= 15 is 0 Å². The lowest BCUT2D eigenvalue weighted by Crippen LogP contribution is -1.97. The van der Waals surface area contributed by atoms with Crippen LogP contribution in [-0.4, -0.2) is 21.3 Å². The Morgan fingerprint density at radius 1 is 1.11 bits per heavy atom. The molecule has 0 radical (unpaired) electrons. The normalized spacial score (nSPS) is 11.4. The number of hydrogen-bond donors (Lipinski definition) is 1. The van der Waals surface area contributed by atoms with Crippen LogP contribution in [0.4, 0.5) is 0 Å². The Morgan fingerprint density at radius 2 is 1.81 bits per heavy atom. The topological polar surface area (TPSA) is 85.5 Å². The van der Waals surface area contributed by atoms with E-state index in [1.807, 2.05) is 31.2 Å². The molecular weight excluding hydrogens is 364 g/mol. The number of aliphatic carboxylic acids is 1. The summed E-state index contributed by atoms with van der Waals surface area (Å²) in [4.78, 5) is 11.6. The Bertz CT molecular complexity index is 947. The fourth-order valence-corrected chi connectivity index (χ4v) is 2.93. The first-order valence-electron chi connectivity index (χ1n) is 8.21. The zero-order valence-corrected chi connectivity index (χ0v) is 15.7. The Labute approximate surface area is 160 Å². The van der Waals surface area contributed by atoms with Crippen molar-refractivity contribution in [2.45, 2.75) is 25.7 Å². The van der Waals surface area contributed by atoms with Gasteiger partial charge in [-0.05, 0) is 48.0 Å². The van der Waals surface area contributed by atoms with Crippen molar-refractivity contribution in [2.75, 3.05) is 0 Å². The van der Waals surface area contributed by atoms with Gasteiger partial charge in [0.25, 0.3) is 5.22 Å². The van der Waals surface area contributed by atoms with Crippen LogP contribution in [0.2, 0.25) is 0 Å². The zero-order chi connectivity index (χ0) is 19.2. The molecule has 0 saturated carbocycles. The number of carbonyl (C=O) groups is 1. The lowest BCUT2D eigenvalue weighted by Gasteiger charge is -2.07. The molecule has 0 atom stereocenters. The van der Waals surface area contributed by atoms with Crippen LogP contribution in [0.15, 0.2) is 63.1 Å². The highest BCUT2D eigenvalue weighted by atomic mass is 32.2. The maximum Gasteiger partial charge on any atom is 0.342 e. The second-order valence-corrected chi connectivity index (χ2v) is 6.84. The summed E-state index contributed by atoms with van der Waals surface area (Å²) >= 11 is 0.915. The van der Waals surface area contributed by atoms with Gasteiger partial charge in [0.15, 0.2) is 0 Å². The summed E-state index contributed by atoms with van der Waals surface area (Å²) < 4.78 is 11.0. The second-order valence-electron chi connectivity index (χ2n) is 5.85. The van der Waals surface area contributed by atoms with Crippen LogP contribution in [0.3, 0.4) is 0 Å². The highest BCUT2D eigenvalue weighted by molar-refractivity contribution is 8.03. The van der Waals surface area contributed by atoms with Gasteiger partial charge in [0.1, 0.15) is 17.3 Å². The highest BCUT2D eigenvalue weighted by Crippen LogP contribution is 2.28. The first-order chi connectivity index (χ1) is 13.0. The van der Waals surface area contributed by atoms with Gasteiger partial charge in [0.2, 0.25) is 5.89 Å². The van der Waals surface area contributed by atoms with Crippen molar-refractivity contribution in [3.63, 3.8) is 0 Å². The van der Waals surface area contributed by atoms with Crippen LogP contribution >= 0.6 is 11.8 Å². The third-order valence-electron chi connectivity index (χ3n) is 3.62. The zero-order valence-electron chi connectivity index (χ0n) is 14.9. The molecule has 1 heterocycles. The Morgan fingerprint density at radius 3 is 2.41 bits per heavy atom. The number of aryl methyl sites for hydroxylation is 2. The Hall–Kier alpha value is -3.06. The number of carboxylic acids is 1. The van der Waals surface area contributed by atoms with Crippen molar-refractivity contribution in [2.24, 2.45) is 0 Å². The number of aromatic nitrogens is 2. The van der Waals surface area contributed by atoms with E-state index < -0.39 is 5.97 Å². The summed E-state index contributed by atoms with van der Waals surface area (Å²) in [5.74, 6) is 0.0395. The SMILES string of the molecule is Cc1ccc(COc2ccc(/C=C(\Sc3nnc(C)o3)C(=O)O)cc2)cc1. The van der Waals surface area contributed by atoms with Gasteiger partial charge in [0.05, 0.1) is 0 Å². The van der Waals surface area contributed by atoms with Crippen molar-refractivity contribution in [1.29, 1.82) is 0 Å². The molecule has 3 rings (SSSR count).